The highest BCUT2D eigenvalue weighted by atomic mass is 79.9. The van der Waals surface area contributed by atoms with Gasteiger partial charge >= 0.3 is 5.97 Å². The highest BCUT2D eigenvalue weighted by Crippen LogP contribution is 2.08. The molecule has 0 amide bonds. The third-order valence-electron chi connectivity index (χ3n) is 3.24. The molecule has 0 aromatic rings. The largest absolute Gasteiger partial charge is 0.466 e. The molecule has 0 radical (unpaired) electrons. The minimum Gasteiger partial charge on any atom is -0.466 e. The van der Waals surface area contributed by atoms with Crippen LogP contribution < -0.4 is 0 Å². The average molecular weight is 345 g/mol. The van der Waals surface area contributed by atoms with Gasteiger partial charge in [-0.15, -0.1) is 12.3 Å². The van der Waals surface area contributed by atoms with E-state index < -0.39 is 0 Å². The smallest absolute Gasteiger partial charge is 0.305 e. The van der Waals surface area contributed by atoms with Crippen LogP contribution in [0.5, 0.6) is 0 Å². The molecule has 0 atom stereocenters. The van der Waals surface area contributed by atoms with Crippen LogP contribution in [0.4, 0.5) is 0 Å². The SMILES string of the molecule is C#CCCCCCCCOC(=O)CCCCCCCBr. The second-order valence-electron chi connectivity index (χ2n) is 5.15. The standard InChI is InChI=1S/C17H29BrO2/c1-2-3-4-5-6-10-13-16-20-17(19)14-11-8-7-9-12-15-18/h1H,3-16H2. The first-order chi connectivity index (χ1) is 9.81. The minimum absolute atomic E-state index is 0.0298. The third-order valence-corrected chi connectivity index (χ3v) is 3.80. The second-order valence-corrected chi connectivity index (χ2v) is 5.94. The van der Waals surface area contributed by atoms with Gasteiger partial charge in [-0.3, -0.25) is 4.79 Å². The summed E-state index contributed by atoms with van der Waals surface area (Å²) in [5, 5.41) is 1.08. The molecule has 0 unspecified atom stereocenters. The Bertz CT molecular complexity index is 258. The maximum absolute atomic E-state index is 11.5. The van der Waals surface area contributed by atoms with Crippen molar-refractivity contribution in [3.05, 3.63) is 0 Å². The predicted octanol–water partition coefficient (Wildman–Crippen LogP) is 5.24. The molecule has 0 N–H and O–H groups in total. The van der Waals surface area contributed by atoms with Crippen LogP contribution in [0, 0.1) is 12.3 Å². The highest BCUT2D eigenvalue weighted by molar-refractivity contribution is 9.09. The molecule has 20 heavy (non-hydrogen) atoms. The molecule has 0 fully saturated rings. The number of carbonyl (C=O) groups is 1. The zero-order valence-electron chi connectivity index (χ0n) is 12.7. The molecule has 0 rings (SSSR count). The number of unbranched alkanes of at least 4 members (excludes halogenated alkanes) is 9. The molecule has 0 saturated heterocycles. The van der Waals surface area contributed by atoms with Crippen molar-refractivity contribution in [3.8, 4) is 12.3 Å². The first kappa shape index (κ1) is 19.5. The van der Waals surface area contributed by atoms with E-state index in [-0.39, 0.29) is 5.97 Å². The fourth-order valence-corrected chi connectivity index (χ4v) is 2.41. The molecule has 0 saturated carbocycles. The molecule has 0 aliphatic carbocycles. The summed E-state index contributed by atoms with van der Waals surface area (Å²) >= 11 is 3.42. The first-order valence-electron chi connectivity index (χ1n) is 7.96. The van der Waals surface area contributed by atoms with E-state index in [0.717, 1.165) is 43.9 Å². The normalized spacial score (nSPS) is 10.2. The number of terminal acetylenes is 1. The lowest BCUT2D eigenvalue weighted by atomic mass is 10.1. The van der Waals surface area contributed by atoms with E-state index in [2.05, 4.69) is 21.9 Å². The summed E-state index contributed by atoms with van der Waals surface area (Å²) in [4.78, 5) is 11.5. The van der Waals surface area contributed by atoms with Crippen LogP contribution in [-0.2, 0) is 9.53 Å². The summed E-state index contributed by atoms with van der Waals surface area (Å²) in [5.41, 5.74) is 0. The molecule has 3 heteroatoms. The second kappa shape index (κ2) is 16.6. The van der Waals surface area contributed by atoms with Gasteiger partial charge in [0.25, 0.3) is 0 Å². The monoisotopic (exact) mass is 344 g/mol. The molecule has 0 aliphatic rings. The van der Waals surface area contributed by atoms with Crippen LogP contribution in [-0.4, -0.2) is 17.9 Å². The van der Waals surface area contributed by atoms with E-state index in [1.807, 2.05) is 0 Å². The number of carbonyl (C=O) groups excluding carboxylic acids is 1. The number of hydrogen-bond acceptors (Lipinski definition) is 2. The van der Waals surface area contributed by atoms with Crippen molar-refractivity contribution >= 4 is 21.9 Å². The summed E-state index contributed by atoms with van der Waals surface area (Å²) in [6.45, 7) is 0.581. The topological polar surface area (TPSA) is 26.3 Å². The van der Waals surface area contributed by atoms with Crippen LogP contribution in [0.25, 0.3) is 0 Å². The Morgan fingerprint density at radius 2 is 1.50 bits per heavy atom. The third kappa shape index (κ3) is 15.6. The minimum atomic E-state index is -0.0298. The van der Waals surface area contributed by atoms with Gasteiger partial charge in [-0.25, -0.2) is 0 Å². The number of ether oxygens (including phenoxy) is 1. The van der Waals surface area contributed by atoms with Crippen molar-refractivity contribution in [1.82, 2.24) is 0 Å². The van der Waals surface area contributed by atoms with Gasteiger partial charge in [0.15, 0.2) is 0 Å². The Labute approximate surface area is 133 Å². The van der Waals surface area contributed by atoms with E-state index in [9.17, 15) is 4.79 Å². The molecule has 0 aromatic carbocycles. The molecule has 116 valence electrons. The fraction of sp³-hybridized carbons (Fsp3) is 0.824. The van der Waals surface area contributed by atoms with Gasteiger partial charge < -0.3 is 4.74 Å². The van der Waals surface area contributed by atoms with Crippen molar-refractivity contribution in [2.24, 2.45) is 0 Å². The van der Waals surface area contributed by atoms with Gasteiger partial charge in [-0.05, 0) is 25.7 Å². The van der Waals surface area contributed by atoms with Gasteiger partial charge in [0.2, 0.25) is 0 Å². The average Bonchev–Trinajstić information content (AvgIpc) is 2.45. The summed E-state index contributed by atoms with van der Waals surface area (Å²) < 4.78 is 5.22. The first-order valence-corrected chi connectivity index (χ1v) is 9.08. The van der Waals surface area contributed by atoms with Gasteiger partial charge in [0.1, 0.15) is 0 Å². The molecule has 2 nitrogen and oxygen atoms in total. The Morgan fingerprint density at radius 1 is 0.900 bits per heavy atom. The maximum atomic E-state index is 11.5. The molecule has 0 aromatic heterocycles. The quantitative estimate of drug-likeness (QED) is 0.186. The van der Waals surface area contributed by atoms with Crippen molar-refractivity contribution < 1.29 is 9.53 Å². The van der Waals surface area contributed by atoms with Gasteiger partial charge in [0.05, 0.1) is 6.61 Å². The molecule has 0 spiro atoms. The Kier molecular flexibility index (Phi) is 16.2. The van der Waals surface area contributed by atoms with E-state index >= 15 is 0 Å². The van der Waals surface area contributed by atoms with Crippen molar-refractivity contribution in [2.75, 3.05) is 11.9 Å². The maximum Gasteiger partial charge on any atom is 0.305 e. The Morgan fingerprint density at radius 3 is 2.20 bits per heavy atom. The fourth-order valence-electron chi connectivity index (χ4n) is 2.01. The van der Waals surface area contributed by atoms with Crippen LogP contribution in [0.15, 0.2) is 0 Å². The lowest BCUT2D eigenvalue weighted by Gasteiger charge is -2.05. The van der Waals surface area contributed by atoms with Crippen molar-refractivity contribution in [1.29, 1.82) is 0 Å². The van der Waals surface area contributed by atoms with E-state index in [4.69, 9.17) is 11.2 Å². The number of alkyl halides is 1. The molecular weight excluding hydrogens is 316 g/mol. The molecule has 0 heterocycles. The summed E-state index contributed by atoms with van der Waals surface area (Å²) in [6.07, 6.45) is 18.0. The van der Waals surface area contributed by atoms with E-state index in [1.54, 1.807) is 0 Å². The lowest BCUT2D eigenvalue weighted by molar-refractivity contribution is -0.143. The summed E-state index contributed by atoms with van der Waals surface area (Å²) in [6, 6.07) is 0. The van der Waals surface area contributed by atoms with Crippen LogP contribution in [0.1, 0.15) is 77.0 Å². The van der Waals surface area contributed by atoms with Gasteiger partial charge in [-0.1, -0.05) is 54.5 Å². The molecule has 0 aliphatic heterocycles. The zero-order chi connectivity index (χ0) is 14.9. The van der Waals surface area contributed by atoms with Crippen LogP contribution >= 0.6 is 15.9 Å². The van der Waals surface area contributed by atoms with E-state index in [1.165, 1.54) is 32.1 Å². The molecule has 0 bridgehead atoms. The summed E-state index contributed by atoms with van der Waals surface area (Å²) in [5.74, 6) is 2.62. The predicted molar refractivity (Wildman–Crippen MR) is 89.0 cm³/mol. The van der Waals surface area contributed by atoms with Gasteiger partial charge in [-0.2, -0.15) is 0 Å². The van der Waals surface area contributed by atoms with E-state index in [0.29, 0.717) is 13.0 Å². The van der Waals surface area contributed by atoms with Crippen molar-refractivity contribution in [2.45, 2.75) is 77.0 Å². The Balaban J connectivity index is 3.15. The number of rotatable bonds is 14. The summed E-state index contributed by atoms with van der Waals surface area (Å²) in [7, 11) is 0. The van der Waals surface area contributed by atoms with Crippen molar-refractivity contribution in [3.63, 3.8) is 0 Å². The van der Waals surface area contributed by atoms with Gasteiger partial charge in [0, 0.05) is 18.2 Å². The molecular formula is C17H29BrO2. The Hall–Kier alpha value is -0.490. The number of halogens is 1. The zero-order valence-corrected chi connectivity index (χ0v) is 14.3. The van der Waals surface area contributed by atoms with Crippen LogP contribution in [0.2, 0.25) is 0 Å². The lowest BCUT2D eigenvalue weighted by Crippen LogP contribution is -2.05. The van der Waals surface area contributed by atoms with Crippen LogP contribution in [0.3, 0.4) is 0 Å². The highest BCUT2D eigenvalue weighted by Gasteiger charge is 2.02. The number of hydrogen-bond donors (Lipinski definition) is 0. The number of esters is 1.